The van der Waals surface area contributed by atoms with Crippen molar-refractivity contribution in [3.63, 3.8) is 0 Å². The second kappa shape index (κ2) is 8.91. The standard InChI is InChI=1S/C14H22O4/c1-12-4-5-14(13(10-12)11-15)18-9-8-17-7-3-6-16-2/h4-5,10,15H,3,6-9,11H2,1-2H3. The van der Waals surface area contributed by atoms with Crippen molar-refractivity contribution in [2.75, 3.05) is 33.5 Å². The highest BCUT2D eigenvalue weighted by molar-refractivity contribution is 5.36. The third-order valence-electron chi connectivity index (χ3n) is 2.51. The molecule has 0 aliphatic carbocycles. The number of aliphatic hydroxyl groups is 1. The number of hydrogen-bond donors (Lipinski definition) is 1. The molecule has 0 aliphatic rings. The number of ether oxygens (including phenoxy) is 3. The highest BCUT2D eigenvalue weighted by Crippen LogP contribution is 2.19. The fourth-order valence-corrected chi connectivity index (χ4v) is 1.59. The van der Waals surface area contributed by atoms with Crippen LogP contribution in [0, 0.1) is 6.92 Å². The van der Waals surface area contributed by atoms with Gasteiger partial charge in [0.2, 0.25) is 0 Å². The molecule has 102 valence electrons. The number of aryl methyl sites for hydroxylation is 1. The van der Waals surface area contributed by atoms with Gasteiger partial charge in [-0.3, -0.25) is 0 Å². The summed E-state index contributed by atoms with van der Waals surface area (Å²) >= 11 is 0. The molecule has 1 N–H and O–H groups in total. The van der Waals surface area contributed by atoms with Crippen LogP contribution in [0.1, 0.15) is 17.5 Å². The maximum atomic E-state index is 9.22. The first-order chi connectivity index (χ1) is 8.77. The molecular formula is C14H22O4. The van der Waals surface area contributed by atoms with Crippen LogP contribution in [-0.4, -0.2) is 38.6 Å². The number of methoxy groups -OCH3 is 1. The van der Waals surface area contributed by atoms with Crippen LogP contribution >= 0.6 is 0 Å². The molecule has 0 saturated heterocycles. The minimum Gasteiger partial charge on any atom is -0.491 e. The first kappa shape index (κ1) is 15.0. The van der Waals surface area contributed by atoms with Gasteiger partial charge in [0.1, 0.15) is 12.4 Å². The molecule has 0 fully saturated rings. The Morgan fingerprint density at radius 1 is 1.11 bits per heavy atom. The fourth-order valence-electron chi connectivity index (χ4n) is 1.59. The summed E-state index contributed by atoms with van der Waals surface area (Å²) in [6.45, 7) is 4.41. The molecule has 1 aromatic rings. The summed E-state index contributed by atoms with van der Waals surface area (Å²) in [4.78, 5) is 0. The van der Waals surface area contributed by atoms with E-state index in [9.17, 15) is 5.11 Å². The smallest absolute Gasteiger partial charge is 0.124 e. The summed E-state index contributed by atoms with van der Waals surface area (Å²) in [5.41, 5.74) is 1.93. The van der Waals surface area contributed by atoms with Gasteiger partial charge in [0.05, 0.1) is 13.2 Å². The van der Waals surface area contributed by atoms with Crippen LogP contribution in [0.5, 0.6) is 5.75 Å². The Morgan fingerprint density at radius 3 is 2.67 bits per heavy atom. The van der Waals surface area contributed by atoms with Crippen LogP contribution < -0.4 is 4.74 Å². The van der Waals surface area contributed by atoms with Crippen molar-refractivity contribution >= 4 is 0 Å². The van der Waals surface area contributed by atoms with Gasteiger partial charge in [0, 0.05) is 25.9 Å². The average molecular weight is 254 g/mol. The zero-order chi connectivity index (χ0) is 13.2. The molecular weight excluding hydrogens is 232 g/mol. The first-order valence-corrected chi connectivity index (χ1v) is 6.17. The summed E-state index contributed by atoms with van der Waals surface area (Å²) in [7, 11) is 1.68. The summed E-state index contributed by atoms with van der Waals surface area (Å²) in [5, 5.41) is 9.22. The van der Waals surface area contributed by atoms with Gasteiger partial charge < -0.3 is 19.3 Å². The Bertz CT molecular complexity index is 339. The van der Waals surface area contributed by atoms with E-state index in [1.54, 1.807) is 7.11 Å². The number of aliphatic hydroxyl groups excluding tert-OH is 1. The van der Waals surface area contributed by atoms with Crippen molar-refractivity contribution in [1.29, 1.82) is 0 Å². The van der Waals surface area contributed by atoms with Gasteiger partial charge in [-0.15, -0.1) is 0 Å². The molecule has 1 rings (SSSR count). The van der Waals surface area contributed by atoms with E-state index in [2.05, 4.69) is 0 Å². The van der Waals surface area contributed by atoms with Gasteiger partial charge in [-0.1, -0.05) is 17.7 Å². The van der Waals surface area contributed by atoms with Crippen molar-refractivity contribution in [2.45, 2.75) is 20.0 Å². The van der Waals surface area contributed by atoms with Crippen molar-refractivity contribution in [3.8, 4) is 5.75 Å². The lowest BCUT2D eigenvalue weighted by Crippen LogP contribution is -2.09. The second-order valence-corrected chi connectivity index (χ2v) is 4.08. The monoisotopic (exact) mass is 254 g/mol. The van der Waals surface area contributed by atoms with Crippen molar-refractivity contribution < 1.29 is 19.3 Å². The van der Waals surface area contributed by atoms with Crippen molar-refractivity contribution in [2.24, 2.45) is 0 Å². The van der Waals surface area contributed by atoms with E-state index >= 15 is 0 Å². The van der Waals surface area contributed by atoms with Crippen LogP contribution in [0.25, 0.3) is 0 Å². The van der Waals surface area contributed by atoms with Gasteiger partial charge >= 0.3 is 0 Å². The van der Waals surface area contributed by atoms with Crippen molar-refractivity contribution in [3.05, 3.63) is 29.3 Å². The molecule has 0 aliphatic heterocycles. The normalized spacial score (nSPS) is 10.6. The molecule has 0 spiro atoms. The minimum absolute atomic E-state index is 0.00822. The maximum absolute atomic E-state index is 9.22. The molecule has 0 heterocycles. The Kier molecular flexibility index (Phi) is 7.41. The van der Waals surface area contributed by atoms with Crippen LogP contribution in [0.15, 0.2) is 18.2 Å². The molecule has 0 bridgehead atoms. The zero-order valence-electron chi connectivity index (χ0n) is 11.1. The molecule has 4 heteroatoms. The van der Waals surface area contributed by atoms with Crippen LogP contribution in [-0.2, 0) is 16.1 Å². The highest BCUT2D eigenvalue weighted by Gasteiger charge is 2.02. The molecule has 4 nitrogen and oxygen atoms in total. The lowest BCUT2D eigenvalue weighted by molar-refractivity contribution is 0.0800. The molecule has 0 amide bonds. The molecule has 0 radical (unpaired) electrons. The number of rotatable bonds is 9. The van der Waals surface area contributed by atoms with Gasteiger partial charge in [-0.2, -0.15) is 0 Å². The fraction of sp³-hybridized carbons (Fsp3) is 0.571. The van der Waals surface area contributed by atoms with Crippen LogP contribution in [0.4, 0.5) is 0 Å². The lowest BCUT2D eigenvalue weighted by Gasteiger charge is -2.11. The average Bonchev–Trinajstić information content (AvgIpc) is 2.39. The largest absolute Gasteiger partial charge is 0.491 e. The maximum Gasteiger partial charge on any atom is 0.124 e. The molecule has 1 aromatic carbocycles. The second-order valence-electron chi connectivity index (χ2n) is 4.08. The SMILES string of the molecule is COCCCOCCOc1ccc(C)cc1CO. The third kappa shape index (κ3) is 5.49. The van der Waals surface area contributed by atoms with Gasteiger partial charge in [-0.05, 0) is 19.4 Å². The summed E-state index contributed by atoms with van der Waals surface area (Å²) in [6.07, 6.45) is 0.892. The number of hydrogen-bond acceptors (Lipinski definition) is 4. The molecule has 0 atom stereocenters. The first-order valence-electron chi connectivity index (χ1n) is 6.17. The Morgan fingerprint density at radius 2 is 1.94 bits per heavy atom. The summed E-state index contributed by atoms with van der Waals surface area (Å²) in [5.74, 6) is 0.726. The van der Waals surface area contributed by atoms with Gasteiger partial charge in [0.15, 0.2) is 0 Å². The number of benzene rings is 1. The van der Waals surface area contributed by atoms with Gasteiger partial charge in [0.25, 0.3) is 0 Å². The Balaban J connectivity index is 2.22. The van der Waals surface area contributed by atoms with E-state index in [0.717, 1.165) is 23.3 Å². The Hall–Kier alpha value is -1.10. The van der Waals surface area contributed by atoms with Crippen LogP contribution in [0.2, 0.25) is 0 Å². The lowest BCUT2D eigenvalue weighted by atomic mass is 10.1. The van der Waals surface area contributed by atoms with Crippen LogP contribution in [0.3, 0.4) is 0 Å². The van der Waals surface area contributed by atoms with Gasteiger partial charge in [-0.25, -0.2) is 0 Å². The Labute approximate surface area is 108 Å². The van der Waals surface area contributed by atoms with E-state index < -0.39 is 0 Å². The predicted molar refractivity (Wildman–Crippen MR) is 69.9 cm³/mol. The minimum atomic E-state index is -0.00822. The van der Waals surface area contributed by atoms with Crippen molar-refractivity contribution in [1.82, 2.24) is 0 Å². The van der Waals surface area contributed by atoms with E-state index in [1.807, 2.05) is 25.1 Å². The van der Waals surface area contributed by atoms with E-state index in [1.165, 1.54) is 0 Å². The highest BCUT2D eigenvalue weighted by atomic mass is 16.5. The zero-order valence-corrected chi connectivity index (χ0v) is 11.1. The van der Waals surface area contributed by atoms with E-state index in [-0.39, 0.29) is 6.61 Å². The molecule has 0 saturated carbocycles. The predicted octanol–water partition coefficient (Wildman–Crippen LogP) is 1.92. The topological polar surface area (TPSA) is 47.9 Å². The summed E-state index contributed by atoms with van der Waals surface area (Å²) in [6, 6.07) is 5.77. The summed E-state index contributed by atoms with van der Waals surface area (Å²) < 4.78 is 15.9. The molecule has 0 unspecified atom stereocenters. The van der Waals surface area contributed by atoms with E-state index in [0.29, 0.717) is 26.4 Å². The third-order valence-corrected chi connectivity index (χ3v) is 2.51. The van der Waals surface area contributed by atoms with E-state index in [4.69, 9.17) is 14.2 Å². The quantitative estimate of drug-likeness (QED) is 0.684. The molecule has 18 heavy (non-hydrogen) atoms. The molecule has 0 aromatic heterocycles.